The van der Waals surface area contributed by atoms with Crippen molar-refractivity contribution in [2.24, 2.45) is 0 Å². The van der Waals surface area contributed by atoms with Gasteiger partial charge in [0.05, 0.1) is 0 Å². The molecule has 0 aromatic carbocycles. The van der Waals surface area contributed by atoms with E-state index in [0.29, 0.717) is 19.3 Å². The van der Waals surface area contributed by atoms with E-state index in [4.69, 9.17) is 14.2 Å². The number of carbonyl (C=O) groups excluding carboxylic acids is 3. The molecule has 0 spiro atoms. The van der Waals surface area contributed by atoms with Crippen molar-refractivity contribution in [1.82, 2.24) is 0 Å². The molecule has 61 heavy (non-hydrogen) atoms. The van der Waals surface area contributed by atoms with Gasteiger partial charge in [0.2, 0.25) is 0 Å². The minimum Gasteiger partial charge on any atom is -0.462 e. The van der Waals surface area contributed by atoms with Crippen LogP contribution in [0, 0.1) is 0 Å². The molecule has 0 rings (SSSR count). The van der Waals surface area contributed by atoms with Gasteiger partial charge in [-0.1, -0.05) is 215 Å². The SMILES string of the molecule is CC/C=C/C=C/C=C/CCCCCCCC(=O)OCC(COC(=O)CCCCC/C=C/C/C=C/C/C=C/C/C=C/CC)OC(=O)CCCCCCCCCCCCCCCC. The summed E-state index contributed by atoms with van der Waals surface area (Å²) in [5, 5.41) is 0. The molecule has 6 nitrogen and oxygen atoms in total. The zero-order valence-corrected chi connectivity index (χ0v) is 39.7. The first kappa shape index (κ1) is 57.6. The average molecular weight is 849 g/mol. The molecule has 1 atom stereocenters. The third-order valence-electron chi connectivity index (χ3n) is 10.5. The first-order valence-corrected chi connectivity index (χ1v) is 25.1. The van der Waals surface area contributed by atoms with E-state index in [1.165, 1.54) is 70.6 Å². The number of carbonyl (C=O) groups is 3. The second-order valence-corrected chi connectivity index (χ2v) is 16.4. The van der Waals surface area contributed by atoms with Crippen molar-refractivity contribution in [3.05, 3.63) is 85.1 Å². The van der Waals surface area contributed by atoms with Crippen LogP contribution >= 0.6 is 0 Å². The lowest BCUT2D eigenvalue weighted by Gasteiger charge is -2.18. The summed E-state index contributed by atoms with van der Waals surface area (Å²) in [5.74, 6) is -0.947. The van der Waals surface area contributed by atoms with Gasteiger partial charge in [-0.2, -0.15) is 0 Å². The van der Waals surface area contributed by atoms with Crippen molar-refractivity contribution in [2.75, 3.05) is 13.2 Å². The van der Waals surface area contributed by atoms with Gasteiger partial charge < -0.3 is 14.2 Å². The molecule has 0 aliphatic heterocycles. The third-order valence-corrected chi connectivity index (χ3v) is 10.5. The lowest BCUT2D eigenvalue weighted by atomic mass is 10.0. The Hall–Kier alpha value is -3.41. The van der Waals surface area contributed by atoms with Gasteiger partial charge in [0.1, 0.15) is 13.2 Å². The van der Waals surface area contributed by atoms with E-state index in [-0.39, 0.29) is 31.1 Å². The Balaban J connectivity index is 4.46. The zero-order chi connectivity index (χ0) is 44.4. The van der Waals surface area contributed by atoms with Crippen molar-refractivity contribution in [3.63, 3.8) is 0 Å². The molecule has 348 valence electrons. The van der Waals surface area contributed by atoms with Crippen LogP contribution < -0.4 is 0 Å². The smallest absolute Gasteiger partial charge is 0.306 e. The van der Waals surface area contributed by atoms with Gasteiger partial charge in [-0.15, -0.1) is 0 Å². The van der Waals surface area contributed by atoms with E-state index in [2.05, 4.69) is 106 Å². The topological polar surface area (TPSA) is 78.9 Å². The first-order chi connectivity index (χ1) is 30.0. The van der Waals surface area contributed by atoms with E-state index >= 15 is 0 Å². The number of allylic oxidation sites excluding steroid dienone is 14. The van der Waals surface area contributed by atoms with Crippen LogP contribution in [-0.4, -0.2) is 37.2 Å². The predicted molar refractivity (Wildman–Crippen MR) is 261 cm³/mol. The first-order valence-electron chi connectivity index (χ1n) is 25.1. The molecule has 0 aliphatic carbocycles. The lowest BCUT2D eigenvalue weighted by Crippen LogP contribution is -2.30. The van der Waals surface area contributed by atoms with E-state index in [1.807, 2.05) is 0 Å². The van der Waals surface area contributed by atoms with E-state index in [9.17, 15) is 14.4 Å². The molecule has 0 saturated heterocycles. The van der Waals surface area contributed by atoms with Crippen LogP contribution in [0.1, 0.15) is 226 Å². The molecule has 0 fully saturated rings. The quantitative estimate of drug-likeness (QED) is 0.0200. The Morgan fingerprint density at radius 1 is 0.361 bits per heavy atom. The summed E-state index contributed by atoms with van der Waals surface area (Å²) >= 11 is 0. The molecular weight excluding hydrogens is 757 g/mol. The molecule has 0 saturated carbocycles. The highest BCUT2D eigenvalue weighted by Crippen LogP contribution is 2.15. The number of rotatable bonds is 44. The Morgan fingerprint density at radius 3 is 1.20 bits per heavy atom. The van der Waals surface area contributed by atoms with E-state index in [1.54, 1.807) is 0 Å². The molecule has 0 heterocycles. The van der Waals surface area contributed by atoms with Crippen LogP contribution in [0.3, 0.4) is 0 Å². The molecule has 0 aromatic rings. The predicted octanol–water partition coefficient (Wildman–Crippen LogP) is 16.4. The van der Waals surface area contributed by atoms with Gasteiger partial charge >= 0.3 is 17.9 Å². The summed E-state index contributed by atoms with van der Waals surface area (Å²) in [6.07, 6.45) is 62.8. The van der Waals surface area contributed by atoms with Gasteiger partial charge in [-0.05, 0) is 77.0 Å². The van der Waals surface area contributed by atoms with Gasteiger partial charge in [-0.3, -0.25) is 14.4 Å². The van der Waals surface area contributed by atoms with Crippen LogP contribution in [0.4, 0.5) is 0 Å². The number of esters is 3. The Morgan fingerprint density at radius 2 is 0.721 bits per heavy atom. The van der Waals surface area contributed by atoms with Crippen LogP contribution in [0.5, 0.6) is 0 Å². The van der Waals surface area contributed by atoms with E-state index in [0.717, 1.165) is 116 Å². The summed E-state index contributed by atoms with van der Waals surface area (Å²) in [4.78, 5) is 37.9. The Bertz CT molecular complexity index is 1200. The maximum atomic E-state index is 12.8. The van der Waals surface area contributed by atoms with Crippen molar-refractivity contribution >= 4 is 17.9 Å². The molecule has 0 bridgehead atoms. The van der Waals surface area contributed by atoms with Crippen LogP contribution in [0.25, 0.3) is 0 Å². The number of unbranched alkanes of at least 4 members (excludes halogenated alkanes) is 21. The highest BCUT2D eigenvalue weighted by atomic mass is 16.6. The molecular formula is C55H92O6. The number of hydrogen-bond donors (Lipinski definition) is 0. The fraction of sp³-hybridized carbons (Fsp3) is 0.691. The average Bonchev–Trinajstić information content (AvgIpc) is 3.26. The third kappa shape index (κ3) is 47.5. The van der Waals surface area contributed by atoms with E-state index < -0.39 is 6.10 Å². The van der Waals surface area contributed by atoms with Crippen LogP contribution in [0.2, 0.25) is 0 Å². The number of hydrogen-bond acceptors (Lipinski definition) is 6. The summed E-state index contributed by atoms with van der Waals surface area (Å²) < 4.78 is 16.7. The lowest BCUT2D eigenvalue weighted by molar-refractivity contribution is -0.167. The van der Waals surface area contributed by atoms with Crippen molar-refractivity contribution in [3.8, 4) is 0 Å². The summed E-state index contributed by atoms with van der Waals surface area (Å²) in [5.41, 5.74) is 0. The summed E-state index contributed by atoms with van der Waals surface area (Å²) in [7, 11) is 0. The summed E-state index contributed by atoms with van der Waals surface area (Å²) in [6, 6.07) is 0. The fourth-order valence-electron chi connectivity index (χ4n) is 6.73. The van der Waals surface area contributed by atoms with Crippen molar-refractivity contribution < 1.29 is 28.6 Å². The molecule has 0 amide bonds. The van der Waals surface area contributed by atoms with Crippen LogP contribution in [-0.2, 0) is 28.6 Å². The minimum atomic E-state index is -0.796. The normalized spacial score (nSPS) is 12.8. The largest absolute Gasteiger partial charge is 0.462 e. The second-order valence-electron chi connectivity index (χ2n) is 16.4. The summed E-state index contributed by atoms with van der Waals surface area (Å²) in [6.45, 7) is 6.34. The Labute approximate surface area is 375 Å². The monoisotopic (exact) mass is 849 g/mol. The maximum Gasteiger partial charge on any atom is 0.306 e. The molecule has 6 heteroatoms. The van der Waals surface area contributed by atoms with Gasteiger partial charge in [-0.25, -0.2) is 0 Å². The van der Waals surface area contributed by atoms with Crippen molar-refractivity contribution in [2.45, 2.75) is 232 Å². The standard InChI is InChI=1S/C55H92O6/c1-4-7-10-13-16-19-22-25-27-28-31-33-36-39-42-45-48-54(57)60-51-52(50-59-53(56)47-44-41-38-35-32-29-24-21-18-15-12-9-6-3)61-55(58)49-46-43-40-37-34-30-26-23-20-17-14-11-8-5-2/h7,9-10,12,15-16,18-19,21,24-25,27,31,33,52H,4-6,8,11,13-14,17,20,22-23,26,28-30,32,34-51H2,1-3H3/b10-7+,12-9+,18-15+,19-16+,24-21+,27-25+,33-31+. The molecule has 1 unspecified atom stereocenters. The van der Waals surface area contributed by atoms with Crippen LogP contribution in [0.15, 0.2) is 85.1 Å². The second kappa shape index (κ2) is 49.2. The van der Waals surface area contributed by atoms with Crippen molar-refractivity contribution in [1.29, 1.82) is 0 Å². The Kier molecular flexibility index (Phi) is 46.5. The number of ether oxygens (including phenoxy) is 3. The molecule has 0 N–H and O–H groups in total. The molecule has 0 aliphatic rings. The highest BCUT2D eigenvalue weighted by Gasteiger charge is 2.19. The molecule has 0 radical (unpaired) electrons. The van der Waals surface area contributed by atoms with Gasteiger partial charge in [0.25, 0.3) is 0 Å². The highest BCUT2D eigenvalue weighted by molar-refractivity contribution is 5.71. The fourth-order valence-corrected chi connectivity index (χ4v) is 6.73. The maximum absolute atomic E-state index is 12.8. The van der Waals surface area contributed by atoms with Gasteiger partial charge in [0, 0.05) is 19.3 Å². The zero-order valence-electron chi connectivity index (χ0n) is 39.7. The van der Waals surface area contributed by atoms with Gasteiger partial charge in [0.15, 0.2) is 6.10 Å². The minimum absolute atomic E-state index is 0.0967. The molecule has 0 aromatic heterocycles.